The first-order chi connectivity index (χ1) is 8.97. The first-order valence-electron chi connectivity index (χ1n) is 5.35. The average molecular weight is 268 g/mol. The molecule has 1 heterocycles. The summed E-state index contributed by atoms with van der Waals surface area (Å²) < 4.78 is 0. The van der Waals surface area contributed by atoms with Crippen molar-refractivity contribution in [1.29, 1.82) is 0 Å². The molecule has 0 unspecified atom stereocenters. The Balaban J connectivity index is 0.000000307. The Labute approximate surface area is 110 Å². The van der Waals surface area contributed by atoms with Gasteiger partial charge in [-0.25, -0.2) is 10.3 Å². The molecular weight excluding hydrogens is 252 g/mol. The first-order valence-corrected chi connectivity index (χ1v) is 5.35. The lowest BCUT2D eigenvalue weighted by Gasteiger charge is -2.11. The second kappa shape index (κ2) is 9.34. The minimum atomic E-state index is -1.33. The molecule has 0 aliphatic carbocycles. The van der Waals surface area contributed by atoms with Gasteiger partial charge >= 0.3 is 12.1 Å². The highest BCUT2D eigenvalue weighted by molar-refractivity contribution is 5.66. The molecule has 5 N–H and O–H groups in total. The topological polar surface area (TPSA) is 122 Å². The van der Waals surface area contributed by atoms with E-state index < -0.39 is 12.1 Å². The number of nitrogens with two attached hydrogens (primary N) is 1. The van der Waals surface area contributed by atoms with E-state index in [0.29, 0.717) is 0 Å². The van der Waals surface area contributed by atoms with Gasteiger partial charge in [-0.1, -0.05) is 25.1 Å². The van der Waals surface area contributed by atoms with Crippen LogP contribution in [0.4, 0.5) is 4.79 Å². The van der Waals surface area contributed by atoms with Crippen molar-refractivity contribution >= 4 is 18.1 Å². The molecular formula is C12H16N2O5. The van der Waals surface area contributed by atoms with Crippen LogP contribution < -0.4 is 16.1 Å². The van der Waals surface area contributed by atoms with E-state index in [9.17, 15) is 4.79 Å². The third-order valence-electron chi connectivity index (χ3n) is 1.72. The number of hydrogen-bond acceptors (Lipinski definition) is 4. The van der Waals surface area contributed by atoms with Gasteiger partial charge in [-0.3, -0.25) is 4.79 Å². The molecule has 1 aromatic rings. The molecule has 1 aliphatic rings. The number of fused-ring (bicyclic) bond motifs is 1. The quantitative estimate of drug-likeness (QED) is 0.614. The molecule has 104 valence electrons. The van der Waals surface area contributed by atoms with E-state index in [4.69, 9.17) is 19.8 Å². The second-order valence-corrected chi connectivity index (χ2v) is 3.18. The molecule has 0 fully saturated rings. The van der Waals surface area contributed by atoms with Gasteiger partial charge in [0.25, 0.3) is 0 Å². The maximum Gasteiger partial charge on any atom is 0.402 e. The molecule has 1 aromatic carbocycles. The van der Waals surface area contributed by atoms with Gasteiger partial charge in [0.15, 0.2) is 5.75 Å². The molecule has 19 heavy (non-hydrogen) atoms. The SMILES string of the molecule is C1=Cc2ccccc2ON1.CCC(=O)O.NC(=O)O. The zero-order chi connectivity index (χ0) is 14.7. The number of carboxylic acid groups (broad SMARTS) is 2. The van der Waals surface area contributed by atoms with E-state index in [-0.39, 0.29) is 6.42 Å². The molecule has 0 spiro atoms. The van der Waals surface area contributed by atoms with Gasteiger partial charge in [0, 0.05) is 18.2 Å². The fraction of sp³-hybridized carbons (Fsp3) is 0.167. The predicted octanol–water partition coefficient (Wildman–Crippen LogP) is 1.66. The molecule has 0 bridgehead atoms. The standard InChI is InChI=1S/C8H7NO.C3H6O2.CH3NO2/c1-2-4-8-7(3-1)5-6-9-10-8;1-2-3(4)5;2-1(3)4/h1-6,9H;2H2,1H3,(H,4,5);2H2,(H,3,4). The van der Waals surface area contributed by atoms with E-state index in [2.05, 4.69) is 11.2 Å². The third kappa shape index (κ3) is 9.04. The Bertz CT molecular complexity index is 442. The zero-order valence-electron chi connectivity index (χ0n) is 10.4. The highest BCUT2D eigenvalue weighted by Gasteiger charge is 2.01. The second-order valence-electron chi connectivity index (χ2n) is 3.18. The lowest BCUT2D eigenvalue weighted by Crippen LogP contribution is -2.13. The Morgan fingerprint density at radius 3 is 2.32 bits per heavy atom. The van der Waals surface area contributed by atoms with Crippen LogP contribution in [-0.2, 0) is 4.79 Å². The third-order valence-corrected chi connectivity index (χ3v) is 1.72. The van der Waals surface area contributed by atoms with Crippen molar-refractivity contribution in [3.8, 4) is 5.75 Å². The van der Waals surface area contributed by atoms with Crippen molar-refractivity contribution in [1.82, 2.24) is 5.48 Å². The van der Waals surface area contributed by atoms with Crippen LogP contribution in [0, 0.1) is 0 Å². The number of carboxylic acids is 1. The van der Waals surface area contributed by atoms with Crippen LogP contribution in [0.15, 0.2) is 30.5 Å². The molecule has 0 saturated heterocycles. The largest absolute Gasteiger partial charge is 0.481 e. The number of amides is 1. The van der Waals surface area contributed by atoms with Gasteiger partial charge in [0.1, 0.15) is 0 Å². The van der Waals surface area contributed by atoms with Crippen LogP contribution in [0.5, 0.6) is 5.75 Å². The summed E-state index contributed by atoms with van der Waals surface area (Å²) in [6.07, 6.45) is 2.63. The summed E-state index contributed by atoms with van der Waals surface area (Å²) in [7, 11) is 0. The molecule has 2 rings (SSSR count). The van der Waals surface area contributed by atoms with Gasteiger partial charge in [-0.05, 0) is 12.1 Å². The first kappa shape index (κ1) is 16.3. The molecule has 7 heteroatoms. The van der Waals surface area contributed by atoms with E-state index in [1.807, 2.05) is 30.3 Å². The summed E-state index contributed by atoms with van der Waals surface area (Å²) in [5, 5.41) is 14.9. The summed E-state index contributed by atoms with van der Waals surface area (Å²) in [5.74, 6) is 0.134. The number of carbonyl (C=O) groups is 2. The number of rotatable bonds is 1. The maximum absolute atomic E-state index is 9.37. The minimum Gasteiger partial charge on any atom is -0.481 e. The number of aliphatic carboxylic acids is 1. The number of benzene rings is 1. The monoisotopic (exact) mass is 268 g/mol. The van der Waals surface area contributed by atoms with Gasteiger partial charge < -0.3 is 20.8 Å². The Hall–Kier alpha value is -2.70. The van der Waals surface area contributed by atoms with E-state index in [1.54, 1.807) is 13.1 Å². The normalized spacial score (nSPS) is 10.2. The number of hydroxylamine groups is 1. The van der Waals surface area contributed by atoms with Crippen LogP contribution in [-0.4, -0.2) is 22.3 Å². The van der Waals surface area contributed by atoms with Crippen LogP contribution in [0.25, 0.3) is 6.08 Å². The summed E-state index contributed by atoms with van der Waals surface area (Å²) >= 11 is 0. The summed E-state index contributed by atoms with van der Waals surface area (Å²) in [6, 6.07) is 7.86. The van der Waals surface area contributed by atoms with Crippen molar-refractivity contribution < 1.29 is 24.6 Å². The fourth-order valence-corrected chi connectivity index (χ4v) is 0.932. The van der Waals surface area contributed by atoms with Crippen molar-refractivity contribution in [2.75, 3.05) is 0 Å². The average Bonchev–Trinajstić information content (AvgIpc) is 2.39. The number of hydrogen-bond donors (Lipinski definition) is 4. The summed E-state index contributed by atoms with van der Waals surface area (Å²) in [5.41, 5.74) is 7.80. The zero-order valence-corrected chi connectivity index (χ0v) is 10.4. The summed E-state index contributed by atoms with van der Waals surface area (Å²) in [4.78, 5) is 23.2. The minimum absolute atomic E-state index is 0.222. The Morgan fingerprint density at radius 2 is 1.84 bits per heavy atom. The molecule has 0 atom stereocenters. The molecule has 0 aromatic heterocycles. The van der Waals surface area contributed by atoms with E-state index >= 15 is 0 Å². The number of primary amides is 1. The number of nitrogens with one attached hydrogen (secondary N) is 1. The molecule has 7 nitrogen and oxygen atoms in total. The van der Waals surface area contributed by atoms with Crippen LogP contribution in [0.3, 0.4) is 0 Å². The van der Waals surface area contributed by atoms with Crippen LogP contribution in [0.2, 0.25) is 0 Å². The lowest BCUT2D eigenvalue weighted by atomic mass is 10.2. The van der Waals surface area contributed by atoms with E-state index in [1.165, 1.54) is 0 Å². The molecule has 1 amide bonds. The van der Waals surface area contributed by atoms with Gasteiger partial charge in [0.05, 0.1) is 0 Å². The van der Waals surface area contributed by atoms with Crippen molar-refractivity contribution in [3.63, 3.8) is 0 Å². The van der Waals surface area contributed by atoms with Crippen LogP contribution in [0.1, 0.15) is 18.9 Å². The predicted molar refractivity (Wildman–Crippen MR) is 69.4 cm³/mol. The smallest absolute Gasteiger partial charge is 0.402 e. The fourth-order valence-electron chi connectivity index (χ4n) is 0.932. The molecule has 0 radical (unpaired) electrons. The van der Waals surface area contributed by atoms with Gasteiger partial charge in [-0.15, -0.1) is 0 Å². The highest BCUT2D eigenvalue weighted by Crippen LogP contribution is 2.20. The Morgan fingerprint density at radius 1 is 1.32 bits per heavy atom. The van der Waals surface area contributed by atoms with Crippen molar-refractivity contribution in [3.05, 3.63) is 36.0 Å². The Kier molecular flexibility index (Phi) is 8.01. The highest BCUT2D eigenvalue weighted by atomic mass is 16.6. The van der Waals surface area contributed by atoms with Crippen molar-refractivity contribution in [2.24, 2.45) is 5.73 Å². The molecule has 1 aliphatic heterocycles. The van der Waals surface area contributed by atoms with Crippen LogP contribution >= 0.6 is 0 Å². The van der Waals surface area contributed by atoms with E-state index in [0.717, 1.165) is 11.3 Å². The maximum atomic E-state index is 9.37. The van der Waals surface area contributed by atoms with Gasteiger partial charge in [-0.2, -0.15) is 0 Å². The number of para-hydroxylation sites is 1. The van der Waals surface area contributed by atoms with Crippen molar-refractivity contribution in [2.45, 2.75) is 13.3 Å². The summed E-state index contributed by atoms with van der Waals surface area (Å²) in [6.45, 7) is 1.60. The molecule has 0 saturated carbocycles. The van der Waals surface area contributed by atoms with Gasteiger partial charge in [0.2, 0.25) is 0 Å². The lowest BCUT2D eigenvalue weighted by molar-refractivity contribution is -0.136.